The molecule has 1 aromatic rings. The van der Waals surface area contributed by atoms with E-state index in [2.05, 4.69) is 9.84 Å². The van der Waals surface area contributed by atoms with E-state index in [1.165, 1.54) is 0 Å². The van der Waals surface area contributed by atoms with Crippen molar-refractivity contribution in [3.63, 3.8) is 0 Å². The summed E-state index contributed by atoms with van der Waals surface area (Å²) in [6.07, 6.45) is 1.53. The third kappa shape index (κ3) is 9.46. The maximum Gasteiger partial charge on any atom is 0.316 e. The molecule has 3 atom stereocenters. The Balaban J connectivity index is 0.000000515. The quantitative estimate of drug-likeness (QED) is 0.376. The first-order valence-electron chi connectivity index (χ1n) is 7.50. The van der Waals surface area contributed by atoms with E-state index in [4.69, 9.17) is 20.1 Å². The number of benzene rings is 1. The highest BCUT2D eigenvalue weighted by atomic mass is 31.1. The maximum atomic E-state index is 9.93. The van der Waals surface area contributed by atoms with Gasteiger partial charge in [-0.1, -0.05) is 13.8 Å². The average molecular weight is 348 g/mol. The van der Waals surface area contributed by atoms with Crippen molar-refractivity contribution in [2.75, 3.05) is 25.3 Å². The lowest BCUT2D eigenvalue weighted by Gasteiger charge is -2.18. The Morgan fingerprint density at radius 3 is 2.35 bits per heavy atom. The summed E-state index contributed by atoms with van der Waals surface area (Å²) in [4.78, 5) is 8.18. The summed E-state index contributed by atoms with van der Waals surface area (Å²) < 4.78 is 24.9. The van der Waals surface area contributed by atoms with Gasteiger partial charge in [-0.25, -0.2) is 0 Å². The number of anilines is 2. The van der Waals surface area contributed by atoms with E-state index in [0.717, 1.165) is 24.3 Å². The Hall–Kier alpha value is -1.27. The van der Waals surface area contributed by atoms with E-state index in [9.17, 15) is 4.57 Å². The molecule has 0 saturated carbocycles. The van der Waals surface area contributed by atoms with E-state index in [1.54, 1.807) is 27.2 Å². The molecule has 134 valence electrons. The Morgan fingerprint density at radius 1 is 1.30 bits per heavy atom. The number of nitrogen functional groups attached to an aromatic ring is 1. The number of rotatable bonds is 8. The topological polar surface area (TPSA) is 103 Å². The Kier molecular flexibility index (Phi) is 11.5. The number of hydrogen-bond acceptors (Lipinski definition) is 6. The molecule has 0 aliphatic rings. The Bertz CT molecular complexity index is 469. The largest absolute Gasteiger partial charge is 0.495 e. The average Bonchev–Trinajstić information content (AvgIpc) is 2.52. The minimum absolute atomic E-state index is 0.0271. The third-order valence-corrected chi connectivity index (χ3v) is 3.68. The summed E-state index contributed by atoms with van der Waals surface area (Å²) >= 11 is 0. The van der Waals surface area contributed by atoms with Crippen LogP contribution < -0.4 is 15.8 Å². The van der Waals surface area contributed by atoms with Crippen molar-refractivity contribution < 1.29 is 23.5 Å². The van der Waals surface area contributed by atoms with Crippen LogP contribution in [-0.4, -0.2) is 31.4 Å². The second kappa shape index (κ2) is 12.2. The Labute approximate surface area is 139 Å². The lowest BCUT2D eigenvalue weighted by atomic mass is 10.2. The van der Waals surface area contributed by atoms with Crippen molar-refractivity contribution in [1.29, 1.82) is 0 Å². The predicted molar refractivity (Wildman–Crippen MR) is 94.2 cm³/mol. The highest BCUT2D eigenvalue weighted by Gasteiger charge is 2.08. The van der Waals surface area contributed by atoms with Crippen LogP contribution in [-0.2, 0) is 13.8 Å². The molecular weight excluding hydrogens is 319 g/mol. The van der Waals surface area contributed by atoms with Crippen LogP contribution in [0.25, 0.3) is 0 Å². The fourth-order valence-corrected chi connectivity index (χ4v) is 2.11. The van der Waals surface area contributed by atoms with E-state index >= 15 is 0 Å². The van der Waals surface area contributed by atoms with Crippen molar-refractivity contribution >= 4 is 19.6 Å². The molecule has 0 saturated heterocycles. The zero-order chi connectivity index (χ0) is 17.8. The molecule has 0 aromatic heterocycles. The zero-order valence-corrected chi connectivity index (χ0v) is 15.5. The van der Waals surface area contributed by atoms with Gasteiger partial charge in [0.25, 0.3) is 0 Å². The van der Waals surface area contributed by atoms with Gasteiger partial charge in [0.1, 0.15) is 12.0 Å². The molecule has 1 aromatic carbocycles. The molecule has 3 unspecified atom stereocenters. The van der Waals surface area contributed by atoms with Crippen LogP contribution in [0.4, 0.5) is 11.4 Å². The molecule has 0 heterocycles. The second-order valence-corrected chi connectivity index (χ2v) is 5.61. The first-order valence-corrected chi connectivity index (χ1v) is 8.76. The summed E-state index contributed by atoms with van der Waals surface area (Å²) in [5.74, 6) is 0.764. The van der Waals surface area contributed by atoms with Gasteiger partial charge in [0.15, 0.2) is 0 Å². The van der Waals surface area contributed by atoms with Gasteiger partial charge in [-0.2, -0.15) is 0 Å². The molecule has 0 aliphatic carbocycles. The molecular formula is C15H29N2O5P. The van der Waals surface area contributed by atoms with Gasteiger partial charge in [-0.3, -0.25) is 4.57 Å². The number of hydrogen-bond donors (Lipinski definition) is 3. The second-order valence-electron chi connectivity index (χ2n) is 4.84. The number of nitrogens with two attached hydrogens (primary N) is 1. The molecule has 8 heteroatoms. The molecule has 0 spiro atoms. The highest BCUT2D eigenvalue weighted by molar-refractivity contribution is 7.32. The van der Waals surface area contributed by atoms with Crippen LogP contribution >= 0.6 is 8.25 Å². The SMILES string of the molecule is CCC(C)O[PH](=O)O.CCC(Nc1cc(N)ccc1OC)OC. The molecule has 0 amide bonds. The predicted octanol–water partition coefficient (Wildman–Crippen LogP) is 3.26. The maximum absolute atomic E-state index is 9.93. The molecule has 0 radical (unpaired) electrons. The molecule has 0 fully saturated rings. The van der Waals surface area contributed by atoms with Crippen LogP contribution in [0.1, 0.15) is 33.6 Å². The highest BCUT2D eigenvalue weighted by Crippen LogP contribution is 2.27. The normalized spacial score (nSPS) is 14.2. The fourth-order valence-electron chi connectivity index (χ4n) is 1.59. The summed E-state index contributed by atoms with van der Waals surface area (Å²) in [5.41, 5.74) is 7.26. The van der Waals surface area contributed by atoms with Crippen LogP contribution in [0.5, 0.6) is 5.75 Å². The molecule has 4 N–H and O–H groups in total. The van der Waals surface area contributed by atoms with Gasteiger partial charge in [0, 0.05) is 12.8 Å². The van der Waals surface area contributed by atoms with Crippen LogP contribution in [0, 0.1) is 0 Å². The number of ether oxygens (including phenoxy) is 2. The summed E-state index contributed by atoms with van der Waals surface area (Å²) in [6, 6.07) is 5.47. The van der Waals surface area contributed by atoms with Crippen LogP contribution in [0.15, 0.2) is 18.2 Å². The van der Waals surface area contributed by atoms with Gasteiger partial charge in [-0.05, 0) is 38.0 Å². The van der Waals surface area contributed by atoms with Gasteiger partial charge < -0.3 is 29.9 Å². The fraction of sp³-hybridized carbons (Fsp3) is 0.600. The van der Waals surface area contributed by atoms with Crippen molar-refractivity contribution in [2.24, 2.45) is 0 Å². The first-order chi connectivity index (χ1) is 10.9. The third-order valence-electron chi connectivity index (χ3n) is 3.07. The van der Waals surface area contributed by atoms with Gasteiger partial charge in [-0.15, -0.1) is 0 Å². The van der Waals surface area contributed by atoms with Crippen molar-refractivity contribution in [3.05, 3.63) is 18.2 Å². The zero-order valence-electron chi connectivity index (χ0n) is 14.5. The molecule has 23 heavy (non-hydrogen) atoms. The summed E-state index contributed by atoms with van der Waals surface area (Å²) in [5, 5.41) is 3.21. The number of methoxy groups -OCH3 is 2. The lowest BCUT2D eigenvalue weighted by molar-refractivity contribution is 0.122. The van der Waals surface area contributed by atoms with Crippen molar-refractivity contribution in [2.45, 2.75) is 45.9 Å². The van der Waals surface area contributed by atoms with Crippen LogP contribution in [0.2, 0.25) is 0 Å². The molecule has 0 aliphatic heterocycles. The smallest absolute Gasteiger partial charge is 0.316 e. The van der Waals surface area contributed by atoms with Gasteiger partial charge in [0.2, 0.25) is 0 Å². The summed E-state index contributed by atoms with van der Waals surface area (Å²) in [6.45, 7) is 5.70. The van der Waals surface area contributed by atoms with Crippen molar-refractivity contribution in [3.8, 4) is 5.75 Å². The molecule has 0 bridgehead atoms. The monoisotopic (exact) mass is 348 g/mol. The first kappa shape index (κ1) is 21.7. The van der Waals surface area contributed by atoms with E-state index in [-0.39, 0.29) is 12.3 Å². The summed E-state index contributed by atoms with van der Waals surface area (Å²) in [7, 11) is 0.600. The Morgan fingerprint density at radius 2 is 1.96 bits per heavy atom. The molecule has 7 nitrogen and oxygen atoms in total. The number of nitrogens with one attached hydrogen (secondary N) is 1. The van der Waals surface area contributed by atoms with Gasteiger partial charge in [0.05, 0.1) is 18.9 Å². The minimum atomic E-state index is -2.70. The van der Waals surface area contributed by atoms with E-state index < -0.39 is 8.25 Å². The molecule has 1 rings (SSSR count). The lowest BCUT2D eigenvalue weighted by Crippen LogP contribution is -2.20. The van der Waals surface area contributed by atoms with E-state index in [0.29, 0.717) is 5.69 Å². The van der Waals surface area contributed by atoms with Crippen molar-refractivity contribution in [1.82, 2.24) is 0 Å². The minimum Gasteiger partial charge on any atom is -0.495 e. The van der Waals surface area contributed by atoms with Crippen LogP contribution in [0.3, 0.4) is 0 Å². The van der Waals surface area contributed by atoms with Gasteiger partial charge >= 0.3 is 8.25 Å². The van der Waals surface area contributed by atoms with E-state index in [1.807, 2.05) is 26.0 Å². The standard InChI is InChI=1S/C11H18N2O2.C4H11O3P/c1-4-11(15-3)13-9-7-8(12)5-6-10(9)14-2;1-3-4(2)7-8(5)6/h5-7,11,13H,4,12H2,1-3H3;4,8H,3H2,1-2H3,(H,5,6).